The largest absolute Gasteiger partial charge is 0.508 e. The zero-order valence-corrected chi connectivity index (χ0v) is 12.6. The van der Waals surface area contributed by atoms with Gasteiger partial charge in [0.1, 0.15) is 23.6 Å². The molecule has 4 rings (SSSR count). The molecule has 5 nitrogen and oxygen atoms in total. The molecular weight excluding hydrogens is 304 g/mol. The summed E-state index contributed by atoms with van der Waals surface area (Å²) in [4.78, 5) is 8.14. The van der Waals surface area contributed by atoms with Crippen molar-refractivity contribution in [3.05, 3.63) is 77.9 Å². The highest BCUT2D eigenvalue weighted by Gasteiger charge is 2.26. The van der Waals surface area contributed by atoms with E-state index < -0.39 is 6.10 Å². The molecule has 5 heteroatoms. The summed E-state index contributed by atoms with van der Waals surface area (Å²) in [5.41, 5.74) is 3.55. The topological polar surface area (TPSA) is 75.5 Å². The number of aromatic hydroxyl groups is 2. The van der Waals surface area contributed by atoms with E-state index in [1.165, 1.54) is 6.33 Å². The van der Waals surface area contributed by atoms with Crippen molar-refractivity contribution in [3.8, 4) is 17.2 Å². The van der Waals surface area contributed by atoms with Crippen LogP contribution in [0.1, 0.15) is 22.8 Å². The Balaban J connectivity index is 1.87. The molecular formula is C19H14N2O3. The maximum absolute atomic E-state index is 9.71. The van der Waals surface area contributed by atoms with Gasteiger partial charge in [-0.15, -0.1) is 0 Å². The maximum Gasteiger partial charge on any atom is 0.152 e. The molecule has 1 atom stereocenters. The highest BCUT2D eigenvalue weighted by Crippen LogP contribution is 2.42. The van der Waals surface area contributed by atoms with Gasteiger partial charge in [0.15, 0.2) is 6.10 Å². The van der Waals surface area contributed by atoms with Crippen LogP contribution in [0.4, 0.5) is 0 Å². The molecule has 2 heterocycles. The standard InChI is InChI=1S/C19H14N2O3/c22-15-4-1-12(2-5-15)17-7-13-3-6-16(23)8-18(13)24-19(17)14-9-20-11-21-10-14/h1-11,19,22-23H. The van der Waals surface area contributed by atoms with Gasteiger partial charge in [-0.1, -0.05) is 12.1 Å². The Morgan fingerprint density at radius 3 is 2.33 bits per heavy atom. The molecule has 1 aromatic heterocycles. The fourth-order valence-electron chi connectivity index (χ4n) is 2.76. The average Bonchev–Trinajstić information content (AvgIpc) is 2.62. The number of nitrogens with zero attached hydrogens (tertiary/aromatic N) is 2. The number of rotatable bonds is 2. The van der Waals surface area contributed by atoms with Crippen molar-refractivity contribution in [3.63, 3.8) is 0 Å². The molecule has 24 heavy (non-hydrogen) atoms. The van der Waals surface area contributed by atoms with Crippen LogP contribution in [-0.2, 0) is 0 Å². The zero-order valence-electron chi connectivity index (χ0n) is 12.6. The summed E-state index contributed by atoms with van der Waals surface area (Å²) in [6.07, 6.45) is 6.50. The molecule has 0 radical (unpaired) electrons. The van der Waals surface area contributed by atoms with Crippen LogP contribution in [0, 0.1) is 0 Å². The second kappa shape index (κ2) is 5.70. The van der Waals surface area contributed by atoms with Gasteiger partial charge < -0.3 is 14.9 Å². The predicted molar refractivity (Wildman–Crippen MR) is 89.5 cm³/mol. The van der Waals surface area contributed by atoms with Crippen LogP contribution in [0.3, 0.4) is 0 Å². The lowest BCUT2D eigenvalue weighted by molar-refractivity contribution is 0.259. The Labute approximate surface area is 138 Å². The maximum atomic E-state index is 9.71. The zero-order chi connectivity index (χ0) is 16.5. The SMILES string of the molecule is Oc1ccc(C2=Cc3ccc(O)cc3OC2c2cncnc2)cc1. The third-order valence-electron chi connectivity index (χ3n) is 3.92. The number of aromatic nitrogens is 2. The van der Waals surface area contributed by atoms with E-state index in [0.29, 0.717) is 5.75 Å². The normalized spacial score (nSPS) is 16.0. The summed E-state index contributed by atoms with van der Waals surface area (Å²) in [6, 6.07) is 12.0. The van der Waals surface area contributed by atoms with Crippen LogP contribution in [-0.4, -0.2) is 20.2 Å². The van der Waals surface area contributed by atoms with Gasteiger partial charge in [0.05, 0.1) is 0 Å². The number of phenols is 2. The Morgan fingerprint density at radius 2 is 1.58 bits per heavy atom. The van der Waals surface area contributed by atoms with Gasteiger partial charge in [0.25, 0.3) is 0 Å². The van der Waals surface area contributed by atoms with Gasteiger partial charge in [-0.05, 0) is 35.9 Å². The number of hydrogen-bond acceptors (Lipinski definition) is 5. The lowest BCUT2D eigenvalue weighted by Gasteiger charge is -2.27. The van der Waals surface area contributed by atoms with Crippen LogP contribution in [0.15, 0.2) is 61.2 Å². The van der Waals surface area contributed by atoms with Crippen molar-refractivity contribution in [1.82, 2.24) is 9.97 Å². The molecule has 2 N–H and O–H groups in total. The predicted octanol–water partition coefficient (Wildman–Crippen LogP) is 3.56. The fraction of sp³-hybridized carbons (Fsp3) is 0.0526. The molecule has 1 aliphatic heterocycles. The Hall–Kier alpha value is -3.34. The number of hydrogen-bond donors (Lipinski definition) is 2. The van der Waals surface area contributed by atoms with Crippen molar-refractivity contribution in [1.29, 1.82) is 0 Å². The first-order valence-corrected chi connectivity index (χ1v) is 7.46. The summed E-state index contributed by atoms with van der Waals surface area (Å²) in [7, 11) is 0. The lowest BCUT2D eigenvalue weighted by Crippen LogP contribution is -2.14. The number of benzene rings is 2. The van der Waals surface area contributed by atoms with Gasteiger partial charge >= 0.3 is 0 Å². The van der Waals surface area contributed by atoms with Crippen LogP contribution < -0.4 is 4.74 Å². The van der Waals surface area contributed by atoms with Crippen molar-refractivity contribution in [2.75, 3.05) is 0 Å². The first-order valence-electron chi connectivity index (χ1n) is 7.46. The number of ether oxygens (including phenoxy) is 1. The third-order valence-corrected chi connectivity index (χ3v) is 3.92. The Bertz CT molecular complexity index is 906. The highest BCUT2D eigenvalue weighted by molar-refractivity contribution is 5.88. The van der Waals surface area contributed by atoms with E-state index in [0.717, 1.165) is 22.3 Å². The molecule has 3 aromatic rings. The van der Waals surface area contributed by atoms with Crippen LogP contribution >= 0.6 is 0 Å². The van der Waals surface area contributed by atoms with E-state index in [4.69, 9.17) is 4.74 Å². The van der Waals surface area contributed by atoms with Crippen LogP contribution in [0.5, 0.6) is 17.2 Å². The van der Waals surface area contributed by atoms with Gasteiger partial charge in [-0.25, -0.2) is 9.97 Å². The second-order valence-corrected chi connectivity index (χ2v) is 5.54. The minimum atomic E-state index is -0.398. The van der Waals surface area contributed by atoms with Crippen molar-refractivity contribution in [2.24, 2.45) is 0 Å². The van der Waals surface area contributed by atoms with Gasteiger partial charge in [0, 0.05) is 35.2 Å². The quantitative estimate of drug-likeness (QED) is 0.755. The van der Waals surface area contributed by atoms with E-state index in [1.807, 2.05) is 24.3 Å². The molecule has 0 bridgehead atoms. The Morgan fingerprint density at radius 1 is 0.875 bits per heavy atom. The van der Waals surface area contributed by atoms with E-state index >= 15 is 0 Å². The van der Waals surface area contributed by atoms with E-state index in [9.17, 15) is 10.2 Å². The monoisotopic (exact) mass is 318 g/mol. The van der Waals surface area contributed by atoms with Crippen molar-refractivity contribution >= 4 is 11.6 Å². The first-order chi connectivity index (χ1) is 11.7. The van der Waals surface area contributed by atoms with E-state index in [2.05, 4.69) is 9.97 Å². The van der Waals surface area contributed by atoms with Crippen molar-refractivity contribution in [2.45, 2.75) is 6.10 Å². The molecule has 0 fully saturated rings. The molecule has 0 spiro atoms. The summed E-state index contributed by atoms with van der Waals surface area (Å²) in [5.74, 6) is 0.964. The molecule has 0 saturated carbocycles. The minimum Gasteiger partial charge on any atom is -0.508 e. The smallest absolute Gasteiger partial charge is 0.152 e. The van der Waals surface area contributed by atoms with Gasteiger partial charge in [-0.2, -0.15) is 0 Å². The lowest BCUT2D eigenvalue weighted by atomic mass is 9.92. The number of phenolic OH excluding ortho intramolecular Hbond substituents is 2. The molecule has 0 saturated heterocycles. The third kappa shape index (κ3) is 2.56. The number of fused-ring (bicyclic) bond motifs is 1. The second-order valence-electron chi connectivity index (χ2n) is 5.54. The highest BCUT2D eigenvalue weighted by atomic mass is 16.5. The summed E-state index contributed by atoms with van der Waals surface area (Å²) in [5, 5.41) is 19.2. The van der Waals surface area contributed by atoms with Gasteiger partial charge in [0.2, 0.25) is 0 Å². The molecule has 0 aliphatic carbocycles. The van der Waals surface area contributed by atoms with Crippen LogP contribution in [0.25, 0.3) is 11.6 Å². The molecule has 118 valence electrons. The van der Waals surface area contributed by atoms with Crippen molar-refractivity contribution < 1.29 is 14.9 Å². The summed E-state index contributed by atoms with van der Waals surface area (Å²) in [6.45, 7) is 0. The molecule has 0 amide bonds. The fourth-order valence-corrected chi connectivity index (χ4v) is 2.76. The van der Waals surface area contributed by atoms with Crippen LogP contribution in [0.2, 0.25) is 0 Å². The van der Waals surface area contributed by atoms with Gasteiger partial charge in [-0.3, -0.25) is 0 Å². The first kappa shape index (κ1) is 14.3. The average molecular weight is 318 g/mol. The minimum absolute atomic E-state index is 0.151. The summed E-state index contributed by atoms with van der Waals surface area (Å²) >= 11 is 0. The summed E-state index contributed by atoms with van der Waals surface area (Å²) < 4.78 is 6.13. The molecule has 1 aliphatic rings. The molecule has 2 aromatic carbocycles. The Kier molecular flexibility index (Phi) is 3.39. The molecule has 1 unspecified atom stereocenters. The van der Waals surface area contributed by atoms with E-state index in [-0.39, 0.29) is 11.5 Å². The van der Waals surface area contributed by atoms with E-state index in [1.54, 1.807) is 36.7 Å².